The van der Waals surface area contributed by atoms with Gasteiger partial charge in [-0.1, -0.05) is 36.4 Å². The molecule has 0 radical (unpaired) electrons. The summed E-state index contributed by atoms with van der Waals surface area (Å²) in [5.74, 6) is -0.506. The van der Waals surface area contributed by atoms with Crippen LogP contribution in [0.25, 0.3) is 11.0 Å². The van der Waals surface area contributed by atoms with Crippen molar-refractivity contribution < 1.29 is 13.2 Å². The van der Waals surface area contributed by atoms with Crippen LogP contribution in [0.2, 0.25) is 0 Å². The summed E-state index contributed by atoms with van der Waals surface area (Å²) < 4.78 is 30.7. The van der Waals surface area contributed by atoms with Crippen LogP contribution in [0.5, 0.6) is 0 Å². The van der Waals surface area contributed by atoms with Crippen molar-refractivity contribution >= 4 is 38.3 Å². The van der Waals surface area contributed by atoms with Crippen molar-refractivity contribution in [1.82, 2.24) is 9.13 Å². The Morgan fingerprint density at radius 3 is 2.12 bits per heavy atom. The summed E-state index contributed by atoms with van der Waals surface area (Å²) >= 11 is 0. The number of hydrogen-bond donors (Lipinski definition) is 1. The number of fused-ring (bicyclic) bond motifs is 1. The van der Waals surface area contributed by atoms with E-state index in [1.54, 1.807) is 80.8 Å². The maximum Gasteiger partial charge on any atom is 0.328 e. The fourth-order valence-corrected chi connectivity index (χ4v) is 4.99. The summed E-state index contributed by atoms with van der Waals surface area (Å²) in [6.45, 7) is -0.410. The lowest BCUT2D eigenvalue weighted by Crippen LogP contribution is -2.38. The Balaban J connectivity index is 1.64. The largest absolute Gasteiger partial charge is 0.328 e. The van der Waals surface area contributed by atoms with E-state index < -0.39 is 22.5 Å². The van der Waals surface area contributed by atoms with Crippen molar-refractivity contribution in [1.29, 1.82) is 0 Å². The van der Waals surface area contributed by atoms with Crippen LogP contribution in [0.4, 0.5) is 11.4 Å². The van der Waals surface area contributed by atoms with Crippen LogP contribution in [0, 0.1) is 0 Å². The van der Waals surface area contributed by atoms with Gasteiger partial charge in [0.15, 0.2) is 0 Å². The van der Waals surface area contributed by atoms with E-state index in [0.717, 1.165) is 9.82 Å². The van der Waals surface area contributed by atoms with Crippen molar-refractivity contribution in [3.63, 3.8) is 0 Å². The van der Waals surface area contributed by atoms with Gasteiger partial charge in [0.05, 0.1) is 21.6 Å². The lowest BCUT2D eigenvalue weighted by Gasteiger charge is -2.24. The molecule has 9 heteroatoms. The summed E-state index contributed by atoms with van der Waals surface area (Å²) in [4.78, 5) is 25.1. The van der Waals surface area contributed by atoms with Gasteiger partial charge in [-0.25, -0.2) is 13.2 Å². The average molecular weight is 451 g/mol. The van der Waals surface area contributed by atoms with Crippen molar-refractivity contribution in [2.24, 2.45) is 14.1 Å². The second-order valence-electron chi connectivity index (χ2n) is 7.31. The Kier molecular flexibility index (Phi) is 5.58. The molecule has 32 heavy (non-hydrogen) atoms. The molecule has 0 aliphatic carbocycles. The molecule has 0 saturated carbocycles. The Morgan fingerprint density at radius 2 is 1.47 bits per heavy atom. The molecule has 0 atom stereocenters. The first-order valence-corrected chi connectivity index (χ1v) is 11.3. The van der Waals surface area contributed by atoms with Crippen LogP contribution in [0.1, 0.15) is 0 Å². The number of nitrogens with zero attached hydrogens (tertiary/aromatic N) is 3. The second kappa shape index (κ2) is 8.35. The Bertz CT molecular complexity index is 1440. The van der Waals surface area contributed by atoms with Crippen LogP contribution in [-0.2, 0) is 28.9 Å². The highest BCUT2D eigenvalue weighted by atomic mass is 32.2. The number of para-hydroxylation sites is 1. The molecule has 3 aromatic carbocycles. The molecule has 164 valence electrons. The zero-order valence-electron chi connectivity index (χ0n) is 17.6. The maximum atomic E-state index is 13.3. The van der Waals surface area contributed by atoms with Crippen molar-refractivity contribution in [2.45, 2.75) is 4.90 Å². The number of sulfonamides is 1. The van der Waals surface area contributed by atoms with Crippen LogP contribution >= 0.6 is 0 Å². The van der Waals surface area contributed by atoms with Crippen LogP contribution < -0.4 is 15.3 Å². The second-order valence-corrected chi connectivity index (χ2v) is 9.17. The molecule has 4 aromatic rings. The Hall–Kier alpha value is -3.85. The molecule has 0 aliphatic heterocycles. The SMILES string of the molecule is Cn1c(=O)n(C)c2cc(NC(=O)CN(c3ccccc3)S(=O)(=O)c3ccccc3)ccc21. The zero-order valence-corrected chi connectivity index (χ0v) is 18.4. The normalized spacial score (nSPS) is 11.4. The van der Waals surface area contributed by atoms with E-state index in [4.69, 9.17) is 0 Å². The van der Waals surface area contributed by atoms with Crippen molar-refractivity contribution in [2.75, 3.05) is 16.2 Å². The number of hydrogen-bond acceptors (Lipinski definition) is 4. The zero-order chi connectivity index (χ0) is 22.9. The van der Waals surface area contributed by atoms with Crippen LogP contribution in [0.3, 0.4) is 0 Å². The number of amides is 1. The van der Waals surface area contributed by atoms with Gasteiger partial charge in [-0.2, -0.15) is 0 Å². The first-order chi connectivity index (χ1) is 15.3. The third kappa shape index (κ3) is 3.90. The topological polar surface area (TPSA) is 93.4 Å². The predicted molar refractivity (Wildman–Crippen MR) is 124 cm³/mol. The lowest BCUT2D eigenvalue weighted by atomic mass is 10.2. The molecule has 0 spiro atoms. The lowest BCUT2D eigenvalue weighted by molar-refractivity contribution is -0.114. The Labute approximate surface area is 185 Å². The van der Waals surface area contributed by atoms with Gasteiger partial charge in [0.2, 0.25) is 5.91 Å². The highest BCUT2D eigenvalue weighted by Crippen LogP contribution is 2.24. The highest BCUT2D eigenvalue weighted by Gasteiger charge is 2.27. The van der Waals surface area contributed by atoms with E-state index in [2.05, 4.69) is 5.32 Å². The summed E-state index contributed by atoms with van der Waals surface area (Å²) in [6, 6.07) is 21.6. The van der Waals surface area contributed by atoms with E-state index in [1.807, 2.05) is 0 Å². The number of benzene rings is 3. The molecule has 0 aliphatic rings. The fourth-order valence-electron chi connectivity index (χ4n) is 3.54. The molecule has 1 heterocycles. The van der Waals surface area contributed by atoms with E-state index in [-0.39, 0.29) is 10.6 Å². The van der Waals surface area contributed by atoms with Crippen LogP contribution in [-0.4, -0.2) is 30.0 Å². The number of carbonyl (C=O) groups is 1. The molecule has 1 N–H and O–H groups in total. The first kappa shape index (κ1) is 21.4. The number of carbonyl (C=O) groups excluding carboxylic acids is 1. The average Bonchev–Trinajstić information content (AvgIpc) is 3.02. The van der Waals surface area contributed by atoms with E-state index in [1.165, 1.54) is 21.3 Å². The number of nitrogens with one attached hydrogen (secondary N) is 1. The van der Waals surface area contributed by atoms with Gasteiger partial charge < -0.3 is 5.32 Å². The maximum absolute atomic E-state index is 13.3. The minimum absolute atomic E-state index is 0.0948. The summed E-state index contributed by atoms with van der Waals surface area (Å²) in [5, 5.41) is 2.74. The molecule has 1 amide bonds. The standard InChI is InChI=1S/C23H22N4O4S/c1-25-20-14-13-17(15-21(20)26(2)23(25)29)24-22(28)16-27(18-9-5-3-6-10-18)32(30,31)19-11-7-4-8-12-19/h3-15H,16H2,1-2H3,(H,24,28). The van der Waals surface area contributed by atoms with E-state index in [9.17, 15) is 18.0 Å². The van der Waals surface area contributed by atoms with Gasteiger partial charge >= 0.3 is 5.69 Å². The third-order valence-electron chi connectivity index (χ3n) is 5.22. The van der Waals surface area contributed by atoms with Gasteiger partial charge in [0, 0.05) is 19.8 Å². The summed E-state index contributed by atoms with van der Waals surface area (Å²) in [5.41, 5.74) is 2.06. The summed E-state index contributed by atoms with van der Waals surface area (Å²) in [6.07, 6.45) is 0. The molecule has 8 nitrogen and oxygen atoms in total. The van der Waals surface area contributed by atoms with Crippen molar-refractivity contribution in [3.8, 4) is 0 Å². The minimum atomic E-state index is -3.96. The Morgan fingerprint density at radius 1 is 0.875 bits per heavy atom. The third-order valence-corrected chi connectivity index (χ3v) is 7.01. The predicted octanol–water partition coefficient (Wildman–Crippen LogP) is 2.71. The minimum Gasteiger partial charge on any atom is -0.324 e. The van der Waals surface area contributed by atoms with Gasteiger partial charge in [0.1, 0.15) is 6.54 Å². The molecular formula is C23H22N4O4S. The number of anilines is 2. The van der Waals surface area contributed by atoms with Gasteiger partial charge in [-0.15, -0.1) is 0 Å². The van der Waals surface area contributed by atoms with Gasteiger partial charge in [0.25, 0.3) is 10.0 Å². The smallest absolute Gasteiger partial charge is 0.324 e. The highest BCUT2D eigenvalue weighted by molar-refractivity contribution is 7.92. The quantitative estimate of drug-likeness (QED) is 0.489. The number of rotatable bonds is 6. The number of aryl methyl sites for hydroxylation is 2. The van der Waals surface area contributed by atoms with Gasteiger partial charge in [-0.3, -0.25) is 18.2 Å². The molecule has 0 saturated heterocycles. The first-order valence-electron chi connectivity index (χ1n) is 9.87. The molecular weight excluding hydrogens is 428 g/mol. The van der Waals surface area contributed by atoms with Gasteiger partial charge in [-0.05, 0) is 42.5 Å². The molecule has 0 fully saturated rings. The van der Waals surface area contributed by atoms with E-state index in [0.29, 0.717) is 16.9 Å². The van der Waals surface area contributed by atoms with Crippen LogP contribution in [0.15, 0.2) is 88.6 Å². The summed E-state index contributed by atoms with van der Waals surface area (Å²) in [7, 11) is -0.633. The molecule has 0 unspecified atom stereocenters. The molecule has 4 rings (SSSR count). The number of imidazole rings is 1. The molecule has 0 bridgehead atoms. The number of aromatic nitrogens is 2. The van der Waals surface area contributed by atoms with E-state index >= 15 is 0 Å². The van der Waals surface area contributed by atoms with Crippen molar-refractivity contribution in [3.05, 3.63) is 89.3 Å². The fraction of sp³-hybridized carbons (Fsp3) is 0.130. The molecule has 1 aromatic heterocycles. The monoisotopic (exact) mass is 450 g/mol.